The van der Waals surface area contributed by atoms with E-state index < -0.39 is 11.6 Å². The highest BCUT2D eigenvalue weighted by Gasteiger charge is 2.25. The normalized spacial score (nSPS) is 15.3. The molecule has 0 aliphatic carbocycles. The van der Waals surface area contributed by atoms with E-state index in [-0.39, 0.29) is 5.54 Å². The van der Waals surface area contributed by atoms with Crippen molar-refractivity contribution >= 4 is 11.5 Å². The Balaban J connectivity index is 2.31. The maximum absolute atomic E-state index is 14.1. The molecule has 0 spiro atoms. The first-order valence-corrected chi connectivity index (χ1v) is 8.27. The van der Waals surface area contributed by atoms with Crippen molar-refractivity contribution in [1.29, 1.82) is 0 Å². The van der Waals surface area contributed by atoms with Crippen molar-refractivity contribution in [2.24, 2.45) is 4.99 Å². The van der Waals surface area contributed by atoms with Gasteiger partial charge in [0.2, 0.25) is 0 Å². The molecular weight excluding hydrogens is 296 g/mol. The van der Waals surface area contributed by atoms with Crippen LogP contribution in [0.1, 0.15) is 45.6 Å². The van der Waals surface area contributed by atoms with Crippen LogP contribution >= 0.6 is 0 Å². The highest BCUT2D eigenvalue weighted by molar-refractivity contribution is 5.99. The molecule has 0 bridgehead atoms. The van der Waals surface area contributed by atoms with Crippen LogP contribution in [0.4, 0.5) is 8.78 Å². The van der Waals surface area contributed by atoms with E-state index in [1.54, 1.807) is 0 Å². The first kappa shape index (κ1) is 17.4. The lowest BCUT2D eigenvalue weighted by atomic mass is 9.89. The second-order valence-corrected chi connectivity index (χ2v) is 5.84. The summed E-state index contributed by atoms with van der Waals surface area (Å²) in [6.45, 7) is 7.68. The first-order valence-electron chi connectivity index (χ1n) is 8.27. The maximum atomic E-state index is 14.1. The fraction of sp³-hybridized carbons (Fsp3) is 0.500. The third-order valence-electron chi connectivity index (χ3n) is 4.64. The highest BCUT2D eigenvalue weighted by Crippen LogP contribution is 2.22. The molecule has 0 fully saturated rings. The van der Waals surface area contributed by atoms with Gasteiger partial charge in [-0.3, -0.25) is 4.99 Å². The first-order chi connectivity index (χ1) is 11.0. The number of hydrogen-bond acceptors (Lipinski definition) is 3. The Morgan fingerprint density at radius 3 is 2.48 bits per heavy atom. The minimum Gasteiger partial charge on any atom is -0.383 e. The van der Waals surface area contributed by atoms with Crippen molar-refractivity contribution in [3.05, 3.63) is 41.5 Å². The number of aliphatic imine (C=N–C) groups is 1. The summed E-state index contributed by atoms with van der Waals surface area (Å²) in [6.07, 6.45) is 4.78. The largest absolute Gasteiger partial charge is 0.383 e. The molecule has 1 aliphatic heterocycles. The zero-order valence-electron chi connectivity index (χ0n) is 14.0. The van der Waals surface area contributed by atoms with Crippen molar-refractivity contribution in [3.63, 3.8) is 0 Å². The summed E-state index contributed by atoms with van der Waals surface area (Å²) >= 11 is 0. The summed E-state index contributed by atoms with van der Waals surface area (Å²) in [4.78, 5) is 4.54. The van der Waals surface area contributed by atoms with E-state index >= 15 is 0 Å². The van der Waals surface area contributed by atoms with Gasteiger partial charge in [0.25, 0.3) is 0 Å². The number of amidine groups is 1. The predicted molar refractivity (Wildman–Crippen MR) is 91.4 cm³/mol. The number of halogens is 2. The van der Waals surface area contributed by atoms with Gasteiger partial charge in [0, 0.05) is 35.5 Å². The molecule has 0 radical (unpaired) electrons. The Hall–Kier alpha value is -1.91. The zero-order chi connectivity index (χ0) is 16.9. The summed E-state index contributed by atoms with van der Waals surface area (Å²) < 4.78 is 27.2. The van der Waals surface area contributed by atoms with Gasteiger partial charge < -0.3 is 10.6 Å². The molecule has 0 aromatic heterocycles. The average Bonchev–Trinajstić information content (AvgIpc) is 2.78. The molecule has 2 rings (SSSR count). The lowest BCUT2D eigenvalue weighted by Crippen LogP contribution is -2.46. The zero-order valence-corrected chi connectivity index (χ0v) is 14.0. The molecule has 126 valence electrons. The molecule has 5 heteroatoms. The number of nitrogens with zero attached hydrogens (tertiary/aromatic N) is 1. The lowest BCUT2D eigenvalue weighted by Gasteiger charge is -2.32. The maximum Gasteiger partial charge on any atom is 0.135 e. The van der Waals surface area contributed by atoms with Crippen molar-refractivity contribution in [3.8, 4) is 0 Å². The Bertz CT molecular complexity index is 596. The third kappa shape index (κ3) is 4.09. The van der Waals surface area contributed by atoms with Crippen molar-refractivity contribution in [2.75, 3.05) is 13.1 Å². The van der Waals surface area contributed by atoms with Crippen LogP contribution in [0.15, 0.2) is 29.3 Å². The minimum absolute atomic E-state index is 0.00781. The monoisotopic (exact) mass is 321 g/mol. The van der Waals surface area contributed by atoms with Gasteiger partial charge in [-0.1, -0.05) is 20.8 Å². The number of hydrogen-bond donors (Lipinski definition) is 2. The van der Waals surface area contributed by atoms with E-state index in [9.17, 15) is 8.78 Å². The fourth-order valence-electron chi connectivity index (χ4n) is 2.84. The lowest BCUT2D eigenvalue weighted by molar-refractivity contribution is 0.340. The molecule has 3 nitrogen and oxygen atoms in total. The summed E-state index contributed by atoms with van der Waals surface area (Å²) in [7, 11) is 0. The van der Waals surface area contributed by atoms with Crippen LogP contribution in [0.3, 0.4) is 0 Å². The Morgan fingerprint density at radius 2 is 1.87 bits per heavy atom. The highest BCUT2D eigenvalue weighted by atomic mass is 19.1. The van der Waals surface area contributed by atoms with Crippen molar-refractivity contribution in [1.82, 2.24) is 10.6 Å². The Morgan fingerprint density at radius 1 is 1.17 bits per heavy atom. The van der Waals surface area contributed by atoms with Gasteiger partial charge in [-0.25, -0.2) is 8.78 Å². The molecule has 23 heavy (non-hydrogen) atoms. The van der Waals surface area contributed by atoms with Crippen molar-refractivity contribution < 1.29 is 8.78 Å². The summed E-state index contributed by atoms with van der Waals surface area (Å²) in [6, 6.07) is 3.63. The molecule has 0 saturated heterocycles. The van der Waals surface area contributed by atoms with Gasteiger partial charge in [0.15, 0.2) is 0 Å². The predicted octanol–water partition coefficient (Wildman–Crippen LogP) is 3.87. The van der Waals surface area contributed by atoms with Crippen LogP contribution in [-0.4, -0.2) is 24.5 Å². The van der Waals surface area contributed by atoms with Gasteiger partial charge in [-0.05, 0) is 31.4 Å². The van der Waals surface area contributed by atoms with Crippen LogP contribution < -0.4 is 10.6 Å². The molecule has 0 amide bonds. The fourth-order valence-corrected chi connectivity index (χ4v) is 2.84. The van der Waals surface area contributed by atoms with Gasteiger partial charge >= 0.3 is 0 Å². The number of nitrogens with one attached hydrogen (secondary N) is 2. The molecule has 1 heterocycles. The Kier molecular flexibility index (Phi) is 5.74. The smallest absolute Gasteiger partial charge is 0.135 e. The summed E-state index contributed by atoms with van der Waals surface area (Å²) in [5, 5.41) is 6.70. The molecule has 0 atom stereocenters. The average molecular weight is 321 g/mol. The molecule has 1 aliphatic rings. The van der Waals surface area contributed by atoms with Gasteiger partial charge in [-0.15, -0.1) is 0 Å². The van der Waals surface area contributed by atoms with Crippen molar-refractivity contribution in [2.45, 2.75) is 45.6 Å². The van der Waals surface area contributed by atoms with Crippen LogP contribution in [0.2, 0.25) is 0 Å². The van der Waals surface area contributed by atoms with Crippen LogP contribution in [0.5, 0.6) is 0 Å². The van der Waals surface area contributed by atoms with E-state index in [1.165, 1.54) is 12.1 Å². The van der Waals surface area contributed by atoms with Crippen LogP contribution in [0.25, 0.3) is 5.70 Å². The second kappa shape index (κ2) is 7.57. The molecule has 2 N–H and O–H groups in total. The van der Waals surface area contributed by atoms with Gasteiger partial charge in [0.1, 0.15) is 17.5 Å². The standard InChI is InChI=1S/C18H25F2N3/c1-4-18(5-2,6-3)23-17-12-16(21-9-10-22-17)14-8-7-13(19)11-15(14)20/h7-8,11-12,21H,4-6,9-10H2,1-3H3,(H,22,23). The molecule has 1 aromatic carbocycles. The molecule has 1 aromatic rings. The molecular formula is C18H25F2N3. The van der Waals surface area contributed by atoms with E-state index in [0.29, 0.717) is 24.4 Å². The number of benzene rings is 1. The van der Waals surface area contributed by atoms with E-state index in [1.807, 2.05) is 6.08 Å². The molecule has 0 saturated carbocycles. The van der Waals surface area contributed by atoms with E-state index in [4.69, 9.17) is 0 Å². The van der Waals surface area contributed by atoms with Gasteiger partial charge in [-0.2, -0.15) is 0 Å². The van der Waals surface area contributed by atoms with Gasteiger partial charge in [0.05, 0.1) is 6.54 Å². The molecule has 0 unspecified atom stereocenters. The van der Waals surface area contributed by atoms with Crippen LogP contribution in [-0.2, 0) is 0 Å². The van der Waals surface area contributed by atoms with Crippen LogP contribution in [0, 0.1) is 11.6 Å². The third-order valence-corrected chi connectivity index (χ3v) is 4.64. The van der Waals surface area contributed by atoms with E-state index in [0.717, 1.165) is 31.2 Å². The Labute approximate surface area is 136 Å². The quantitative estimate of drug-likeness (QED) is 0.864. The SMILES string of the molecule is CCC(CC)(CC)NC1=NCCNC(c2ccc(F)cc2F)=C1. The summed E-state index contributed by atoms with van der Waals surface area (Å²) in [5.41, 5.74) is 0.980. The summed E-state index contributed by atoms with van der Waals surface area (Å²) in [5.74, 6) is -0.397. The topological polar surface area (TPSA) is 36.4 Å². The second-order valence-electron chi connectivity index (χ2n) is 5.84. The minimum atomic E-state index is -0.575. The number of rotatable bonds is 5. The van der Waals surface area contributed by atoms with E-state index in [2.05, 4.69) is 36.4 Å².